The fourth-order valence-corrected chi connectivity index (χ4v) is 1.32. The van der Waals surface area contributed by atoms with Crippen molar-refractivity contribution in [2.75, 3.05) is 13.1 Å². The molecule has 1 aromatic rings. The Hall–Kier alpha value is -2.06. The van der Waals surface area contributed by atoms with Crippen molar-refractivity contribution in [2.24, 2.45) is 7.05 Å². The molecular weight excluding hydrogens is 255 g/mol. The Kier molecular flexibility index (Phi) is 3.94. The Morgan fingerprint density at radius 2 is 2.11 bits per heavy atom. The van der Waals surface area contributed by atoms with Crippen LogP contribution in [0.2, 0.25) is 0 Å². The summed E-state index contributed by atoms with van der Waals surface area (Å²) in [5, 5.41) is 12.1. The average Bonchev–Trinajstić information content (AvgIpc) is 2.59. The van der Waals surface area contributed by atoms with Crippen molar-refractivity contribution in [1.29, 1.82) is 0 Å². The van der Waals surface area contributed by atoms with Gasteiger partial charge in [0.1, 0.15) is 18.8 Å². The van der Waals surface area contributed by atoms with Crippen LogP contribution in [0.1, 0.15) is 10.5 Å². The van der Waals surface area contributed by atoms with Crippen LogP contribution in [0.15, 0.2) is 12.3 Å². The minimum atomic E-state index is -4.66. The predicted octanol–water partition coefficient (Wildman–Crippen LogP) is 0.509. The fourth-order valence-electron chi connectivity index (χ4n) is 1.32. The van der Waals surface area contributed by atoms with Crippen LogP contribution in [-0.2, 0) is 11.8 Å². The molecule has 0 saturated heterocycles. The first-order valence-corrected chi connectivity index (χ1v) is 4.76. The first-order valence-electron chi connectivity index (χ1n) is 4.76. The van der Waals surface area contributed by atoms with Gasteiger partial charge >= 0.3 is 12.1 Å². The van der Waals surface area contributed by atoms with Crippen molar-refractivity contribution < 1.29 is 27.9 Å². The van der Waals surface area contributed by atoms with Gasteiger partial charge in [0.05, 0.1) is 0 Å². The number of carbonyl (C=O) groups is 2. The van der Waals surface area contributed by atoms with E-state index in [4.69, 9.17) is 5.11 Å². The number of carboxylic acid groups (broad SMARTS) is 1. The third kappa shape index (κ3) is 3.75. The Balaban J connectivity index is 2.93. The summed E-state index contributed by atoms with van der Waals surface area (Å²) < 4.78 is 37.8. The zero-order chi connectivity index (χ0) is 13.9. The Morgan fingerprint density at radius 3 is 2.50 bits per heavy atom. The van der Waals surface area contributed by atoms with Crippen LogP contribution in [0.5, 0.6) is 0 Å². The molecule has 0 saturated carbocycles. The van der Waals surface area contributed by atoms with E-state index in [9.17, 15) is 22.8 Å². The van der Waals surface area contributed by atoms with Crippen molar-refractivity contribution >= 4 is 11.9 Å². The molecule has 18 heavy (non-hydrogen) atoms. The summed E-state index contributed by atoms with van der Waals surface area (Å²) in [6.07, 6.45) is -3.43. The van der Waals surface area contributed by atoms with Crippen LogP contribution >= 0.6 is 0 Å². The van der Waals surface area contributed by atoms with E-state index in [1.807, 2.05) is 0 Å². The molecule has 100 valence electrons. The second kappa shape index (κ2) is 5.07. The minimum Gasteiger partial charge on any atom is -0.480 e. The zero-order valence-electron chi connectivity index (χ0n) is 9.31. The monoisotopic (exact) mass is 265 g/mol. The molecule has 0 aromatic carbocycles. The predicted molar refractivity (Wildman–Crippen MR) is 52.8 cm³/mol. The van der Waals surface area contributed by atoms with Gasteiger partial charge in [0.25, 0.3) is 5.91 Å². The number of hydrogen-bond donors (Lipinski definition) is 1. The van der Waals surface area contributed by atoms with Crippen LogP contribution in [0.4, 0.5) is 13.2 Å². The molecule has 0 radical (unpaired) electrons. The Bertz CT molecular complexity index is 455. The number of aromatic nitrogens is 2. The van der Waals surface area contributed by atoms with Crippen LogP contribution in [0, 0.1) is 0 Å². The first-order chi connectivity index (χ1) is 8.20. The maximum atomic E-state index is 12.2. The van der Waals surface area contributed by atoms with E-state index in [1.165, 1.54) is 19.3 Å². The second-order valence-corrected chi connectivity index (χ2v) is 3.51. The molecule has 1 heterocycles. The second-order valence-electron chi connectivity index (χ2n) is 3.51. The molecule has 1 amide bonds. The average molecular weight is 265 g/mol. The zero-order valence-corrected chi connectivity index (χ0v) is 9.31. The van der Waals surface area contributed by atoms with Crippen molar-refractivity contribution in [3.05, 3.63) is 18.0 Å². The van der Waals surface area contributed by atoms with Crippen LogP contribution in [0.3, 0.4) is 0 Å². The minimum absolute atomic E-state index is 0.111. The summed E-state index contributed by atoms with van der Waals surface area (Å²) in [5.74, 6) is -2.55. The number of amides is 1. The SMILES string of the molecule is Cn1nccc1C(=O)N(CC(=O)O)CC(F)(F)F. The van der Waals surface area contributed by atoms with E-state index in [2.05, 4.69) is 5.10 Å². The highest BCUT2D eigenvalue weighted by Crippen LogP contribution is 2.17. The van der Waals surface area contributed by atoms with E-state index in [-0.39, 0.29) is 10.6 Å². The summed E-state index contributed by atoms with van der Waals surface area (Å²) in [7, 11) is 1.37. The lowest BCUT2D eigenvalue weighted by molar-refractivity contribution is -0.149. The van der Waals surface area contributed by atoms with Crippen LogP contribution in [-0.4, -0.2) is 50.9 Å². The lowest BCUT2D eigenvalue weighted by Gasteiger charge is -2.21. The number of alkyl halides is 3. The number of carbonyl (C=O) groups excluding carboxylic acids is 1. The summed E-state index contributed by atoms with van der Waals surface area (Å²) in [6.45, 7) is -2.65. The normalized spacial score (nSPS) is 11.3. The molecule has 0 bridgehead atoms. The highest BCUT2D eigenvalue weighted by atomic mass is 19.4. The molecule has 0 atom stereocenters. The van der Waals surface area contributed by atoms with Gasteiger partial charge in [-0.25, -0.2) is 0 Å². The van der Waals surface area contributed by atoms with E-state index < -0.39 is 31.1 Å². The summed E-state index contributed by atoms with van der Waals surface area (Å²) in [4.78, 5) is 22.4. The van der Waals surface area contributed by atoms with Crippen molar-refractivity contribution in [3.8, 4) is 0 Å². The van der Waals surface area contributed by atoms with E-state index >= 15 is 0 Å². The van der Waals surface area contributed by atoms with Gasteiger partial charge in [0, 0.05) is 13.2 Å². The quantitative estimate of drug-likeness (QED) is 0.860. The Labute approximate surface area is 99.6 Å². The number of aliphatic carboxylic acids is 1. The van der Waals surface area contributed by atoms with Crippen LogP contribution in [0.25, 0.3) is 0 Å². The van der Waals surface area contributed by atoms with Crippen LogP contribution < -0.4 is 0 Å². The molecule has 1 N–H and O–H groups in total. The van der Waals surface area contributed by atoms with Gasteiger partial charge < -0.3 is 10.0 Å². The third-order valence-corrected chi connectivity index (χ3v) is 2.02. The van der Waals surface area contributed by atoms with Crippen molar-refractivity contribution in [3.63, 3.8) is 0 Å². The van der Waals surface area contributed by atoms with Gasteiger partial charge in [-0.15, -0.1) is 0 Å². The van der Waals surface area contributed by atoms with E-state index in [0.717, 1.165) is 4.68 Å². The largest absolute Gasteiger partial charge is 0.480 e. The smallest absolute Gasteiger partial charge is 0.406 e. The molecule has 0 spiro atoms. The highest BCUT2D eigenvalue weighted by molar-refractivity contribution is 5.94. The van der Waals surface area contributed by atoms with Gasteiger partial charge in [-0.2, -0.15) is 18.3 Å². The number of nitrogens with zero attached hydrogens (tertiary/aromatic N) is 3. The molecule has 1 rings (SSSR count). The topological polar surface area (TPSA) is 75.4 Å². The molecule has 0 aliphatic heterocycles. The highest BCUT2D eigenvalue weighted by Gasteiger charge is 2.34. The molecule has 0 aliphatic carbocycles. The van der Waals surface area contributed by atoms with Gasteiger partial charge in [0.15, 0.2) is 0 Å². The first kappa shape index (κ1) is 14.0. The van der Waals surface area contributed by atoms with Gasteiger partial charge in [-0.3, -0.25) is 14.3 Å². The molecule has 6 nitrogen and oxygen atoms in total. The molecule has 1 aromatic heterocycles. The molecule has 9 heteroatoms. The fraction of sp³-hybridized carbons (Fsp3) is 0.444. The third-order valence-electron chi connectivity index (χ3n) is 2.02. The van der Waals surface area contributed by atoms with Gasteiger partial charge in [0.2, 0.25) is 0 Å². The number of rotatable bonds is 4. The molecule has 0 aliphatic rings. The van der Waals surface area contributed by atoms with Crippen molar-refractivity contribution in [1.82, 2.24) is 14.7 Å². The Morgan fingerprint density at radius 1 is 1.50 bits per heavy atom. The standard InChI is InChI=1S/C9H10F3N3O3/c1-14-6(2-3-13-14)8(18)15(4-7(16)17)5-9(10,11)12/h2-3H,4-5H2,1H3,(H,16,17). The van der Waals surface area contributed by atoms with Crippen molar-refractivity contribution in [2.45, 2.75) is 6.18 Å². The number of hydrogen-bond acceptors (Lipinski definition) is 3. The maximum absolute atomic E-state index is 12.2. The molecular formula is C9H10F3N3O3. The lowest BCUT2D eigenvalue weighted by atomic mass is 10.3. The molecule has 0 unspecified atom stereocenters. The number of halogens is 3. The van der Waals surface area contributed by atoms with Gasteiger partial charge in [-0.05, 0) is 6.07 Å². The van der Waals surface area contributed by atoms with E-state index in [1.54, 1.807) is 0 Å². The van der Waals surface area contributed by atoms with E-state index in [0.29, 0.717) is 0 Å². The maximum Gasteiger partial charge on any atom is 0.406 e. The summed E-state index contributed by atoms with van der Waals surface area (Å²) in [5.41, 5.74) is -0.111. The molecule has 0 fully saturated rings. The summed E-state index contributed by atoms with van der Waals surface area (Å²) >= 11 is 0. The lowest BCUT2D eigenvalue weighted by Crippen LogP contribution is -2.42. The van der Waals surface area contributed by atoms with Gasteiger partial charge in [-0.1, -0.05) is 0 Å². The number of aryl methyl sites for hydroxylation is 1. The number of carboxylic acids is 1. The summed E-state index contributed by atoms with van der Waals surface area (Å²) in [6, 6.07) is 1.22.